The van der Waals surface area contributed by atoms with E-state index in [-0.39, 0.29) is 11.4 Å². The van der Waals surface area contributed by atoms with E-state index < -0.39 is 12.0 Å². The van der Waals surface area contributed by atoms with Crippen molar-refractivity contribution in [1.29, 1.82) is 5.26 Å². The number of halogens is 3. The van der Waals surface area contributed by atoms with Crippen LogP contribution in [-0.2, 0) is 5.33 Å². The molecule has 0 saturated carbocycles. The fourth-order valence-electron chi connectivity index (χ4n) is 1.01. The third kappa shape index (κ3) is 1.99. The van der Waals surface area contributed by atoms with Crippen molar-refractivity contribution in [2.75, 3.05) is 5.73 Å². The summed E-state index contributed by atoms with van der Waals surface area (Å²) in [5, 5.41) is 8.97. The minimum atomic E-state index is -2.78. The van der Waals surface area contributed by atoms with Gasteiger partial charge in [0.05, 0.1) is 11.3 Å². The number of hydrogen-bond acceptors (Lipinski definition) is 3. The minimum Gasteiger partial charge on any atom is -0.398 e. The molecule has 0 spiro atoms. The van der Waals surface area contributed by atoms with Crippen molar-refractivity contribution in [2.45, 2.75) is 11.8 Å². The van der Waals surface area contributed by atoms with Crippen molar-refractivity contribution in [3.05, 3.63) is 23.0 Å². The van der Waals surface area contributed by atoms with E-state index in [1.807, 2.05) is 0 Å². The summed E-state index contributed by atoms with van der Waals surface area (Å²) in [6.07, 6.45) is -2.78. The first kappa shape index (κ1) is 10.9. The maximum Gasteiger partial charge on any atom is 0.268 e. The highest BCUT2D eigenvalue weighted by Crippen LogP contribution is 2.28. The average molecular weight is 262 g/mol. The Balaban J connectivity index is 3.37. The molecule has 1 aromatic heterocycles. The molecule has 0 aromatic carbocycles. The third-order valence-corrected chi connectivity index (χ3v) is 2.18. The van der Waals surface area contributed by atoms with Gasteiger partial charge in [-0.1, -0.05) is 15.9 Å². The van der Waals surface area contributed by atoms with E-state index in [9.17, 15) is 8.78 Å². The van der Waals surface area contributed by atoms with Gasteiger partial charge in [-0.05, 0) is 6.07 Å². The summed E-state index contributed by atoms with van der Waals surface area (Å²) in [6, 6.07) is 2.93. The highest BCUT2D eigenvalue weighted by molar-refractivity contribution is 9.08. The van der Waals surface area contributed by atoms with Gasteiger partial charge in [0.25, 0.3) is 6.43 Å². The summed E-state index contributed by atoms with van der Waals surface area (Å²) in [4.78, 5) is 3.72. The van der Waals surface area contributed by atoms with Gasteiger partial charge in [0.1, 0.15) is 6.07 Å². The van der Waals surface area contributed by atoms with E-state index in [1.165, 1.54) is 6.07 Å². The zero-order valence-electron chi connectivity index (χ0n) is 6.97. The monoisotopic (exact) mass is 261 g/mol. The van der Waals surface area contributed by atoms with E-state index in [2.05, 4.69) is 20.9 Å². The van der Waals surface area contributed by atoms with Crippen molar-refractivity contribution in [1.82, 2.24) is 4.98 Å². The van der Waals surface area contributed by atoms with Crippen molar-refractivity contribution < 1.29 is 8.78 Å². The number of nitrogens with zero attached hydrogens (tertiary/aromatic N) is 2. The lowest BCUT2D eigenvalue weighted by Gasteiger charge is -2.07. The Kier molecular flexibility index (Phi) is 3.36. The number of nitrogens with two attached hydrogens (primary N) is 1. The summed E-state index contributed by atoms with van der Waals surface area (Å²) in [5.41, 5.74) is 4.95. The number of pyridine rings is 1. The molecule has 0 aliphatic carbocycles. The van der Waals surface area contributed by atoms with Crippen LogP contribution < -0.4 is 5.73 Å². The summed E-state index contributed by atoms with van der Waals surface area (Å²) < 4.78 is 24.9. The van der Waals surface area contributed by atoms with Crippen LogP contribution in [0.5, 0.6) is 0 Å². The molecule has 1 heterocycles. The lowest BCUT2D eigenvalue weighted by atomic mass is 10.1. The molecular formula is C8H6BrF2N3. The molecular weight excluding hydrogens is 256 g/mol. The maximum atomic E-state index is 12.4. The Bertz CT molecular complexity index is 387. The molecule has 0 amide bonds. The van der Waals surface area contributed by atoms with E-state index in [0.717, 1.165) is 0 Å². The van der Waals surface area contributed by atoms with Crippen LogP contribution in [0.15, 0.2) is 6.07 Å². The summed E-state index contributed by atoms with van der Waals surface area (Å²) in [7, 11) is 0. The number of rotatable bonds is 2. The van der Waals surface area contributed by atoms with E-state index in [1.54, 1.807) is 6.07 Å². The van der Waals surface area contributed by atoms with Crippen molar-refractivity contribution >= 4 is 21.6 Å². The molecule has 0 unspecified atom stereocenters. The SMILES string of the molecule is N#Cc1nc(CBr)cc(N)c1C(F)F. The van der Waals surface area contributed by atoms with Gasteiger partial charge < -0.3 is 5.73 Å². The Labute approximate surface area is 87.7 Å². The van der Waals surface area contributed by atoms with Crippen LogP contribution in [0.25, 0.3) is 0 Å². The molecule has 0 aliphatic rings. The van der Waals surface area contributed by atoms with Gasteiger partial charge in [-0.2, -0.15) is 5.26 Å². The predicted molar refractivity (Wildman–Crippen MR) is 51.0 cm³/mol. The predicted octanol–water partition coefficient (Wildman–Crippen LogP) is 2.37. The number of alkyl halides is 3. The molecule has 14 heavy (non-hydrogen) atoms. The summed E-state index contributed by atoms with van der Waals surface area (Å²) in [6.45, 7) is 0. The Morgan fingerprint density at radius 2 is 2.29 bits per heavy atom. The van der Waals surface area contributed by atoms with Crippen LogP contribution in [0.1, 0.15) is 23.4 Å². The zero-order valence-corrected chi connectivity index (χ0v) is 8.55. The molecule has 2 N–H and O–H groups in total. The lowest BCUT2D eigenvalue weighted by molar-refractivity contribution is 0.151. The Morgan fingerprint density at radius 1 is 1.64 bits per heavy atom. The normalized spacial score (nSPS) is 10.2. The van der Waals surface area contributed by atoms with E-state index >= 15 is 0 Å². The molecule has 0 atom stereocenters. The number of aromatic nitrogens is 1. The zero-order chi connectivity index (χ0) is 10.7. The molecule has 1 rings (SSSR count). The molecule has 1 aromatic rings. The molecule has 74 valence electrons. The molecule has 6 heteroatoms. The quantitative estimate of drug-likeness (QED) is 0.832. The van der Waals surface area contributed by atoms with Crippen molar-refractivity contribution in [3.8, 4) is 6.07 Å². The largest absolute Gasteiger partial charge is 0.398 e. The summed E-state index contributed by atoms with van der Waals surface area (Å²) in [5.74, 6) is 0. The number of hydrogen-bond donors (Lipinski definition) is 1. The first-order valence-corrected chi connectivity index (χ1v) is 4.75. The second-order valence-electron chi connectivity index (χ2n) is 2.51. The van der Waals surface area contributed by atoms with E-state index in [0.29, 0.717) is 11.0 Å². The first-order chi connectivity index (χ1) is 6.60. The van der Waals surface area contributed by atoms with Crippen LogP contribution >= 0.6 is 15.9 Å². The first-order valence-electron chi connectivity index (χ1n) is 3.63. The van der Waals surface area contributed by atoms with Crippen LogP contribution in [0.4, 0.5) is 14.5 Å². The maximum absolute atomic E-state index is 12.4. The van der Waals surface area contributed by atoms with Gasteiger partial charge in [0.15, 0.2) is 5.69 Å². The second kappa shape index (κ2) is 4.33. The summed E-state index contributed by atoms with van der Waals surface area (Å²) >= 11 is 3.10. The van der Waals surface area contributed by atoms with Gasteiger partial charge in [0.2, 0.25) is 0 Å². The molecule has 0 fully saturated rings. The Morgan fingerprint density at radius 3 is 2.71 bits per heavy atom. The van der Waals surface area contributed by atoms with E-state index in [4.69, 9.17) is 11.0 Å². The number of nitrogen functional groups attached to an aromatic ring is 1. The molecule has 3 nitrogen and oxygen atoms in total. The second-order valence-corrected chi connectivity index (χ2v) is 3.07. The van der Waals surface area contributed by atoms with Gasteiger partial charge in [0, 0.05) is 11.0 Å². The third-order valence-electron chi connectivity index (χ3n) is 1.60. The van der Waals surface area contributed by atoms with Crippen LogP contribution in [-0.4, -0.2) is 4.98 Å². The van der Waals surface area contributed by atoms with Crippen LogP contribution in [0, 0.1) is 11.3 Å². The van der Waals surface area contributed by atoms with Gasteiger partial charge in [-0.15, -0.1) is 0 Å². The fourth-order valence-corrected chi connectivity index (χ4v) is 1.30. The standard InChI is InChI=1S/C8H6BrF2N3/c9-2-4-1-5(13)7(8(10)11)6(3-12)14-4/h1,8H,2H2,(H2,13,14). The smallest absolute Gasteiger partial charge is 0.268 e. The lowest BCUT2D eigenvalue weighted by Crippen LogP contribution is -2.03. The fraction of sp³-hybridized carbons (Fsp3) is 0.250. The molecule has 0 bridgehead atoms. The Hall–Kier alpha value is -1.22. The molecule has 0 aliphatic heterocycles. The van der Waals surface area contributed by atoms with Crippen molar-refractivity contribution in [3.63, 3.8) is 0 Å². The highest BCUT2D eigenvalue weighted by atomic mass is 79.9. The van der Waals surface area contributed by atoms with Crippen LogP contribution in [0.3, 0.4) is 0 Å². The minimum absolute atomic E-state index is 0.0963. The average Bonchev–Trinajstić information content (AvgIpc) is 2.15. The van der Waals surface area contributed by atoms with Gasteiger partial charge >= 0.3 is 0 Å². The van der Waals surface area contributed by atoms with Gasteiger partial charge in [-0.3, -0.25) is 0 Å². The van der Waals surface area contributed by atoms with Crippen molar-refractivity contribution in [2.24, 2.45) is 0 Å². The molecule has 0 saturated heterocycles. The topological polar surface area (TPSA) is 62.7 Å². The van der Waals surface area contributed by atoms with Gasteiger partial charge in [-0.25, -0.2) is 13.8 Å². The van der Waals surface area contributed by atoms with Crippen LogP contribution in [0.2, 0.25) is 0 Å². The highest BCUT2D eigenvalue weighted by Gasteiger charge is 2.18. The number of nitriles is 1. The molecule has 0 radical (unpaired) electrons. The number of anilines is 1.